The fourth-order valence-corrected chi connectivity index (χ4v) is 4.62. The van der Waals surface area contributed by atoms with Crippen LogP contribution in [0.25, 0.3) is 0 Å². The number of carbonyl (C=O) groups excluding carboxylic acids is 1. The molecule has 222 valence electrons. The van der Waals surface area contributed by atoms with Crippen LogP contribution in [0.15, 0.2) is 0 Å². The second kappa shape index (κ2) is 13.5. The number of rotatable bonds is 9. The predicted octanol–water partition coefficient (Wildman–Crippen LogP) is -6.78. The number of carbonyl (C=O) groups is 1. The zero-order valence-electron chi connectivity index (χ0n) is 20.7. The lowest BCUT2D eigenvalue weighted by molar-refractivity contribution is -0.370. The van der Waals surface area contributed by atoms with Crippen LogP contribution in [-0.4, -0.2) is 171 Å². The highest BCUT2D eigenvalue weighted by Gasteiger charge is 2.54. The number of aliphatic hydroxyl groups excluding tert-OH is 9. The van der Waals surface area contributed by atoms with E-state index in [0.29, 0.717) is 0 Å². The molecule has 10 N–H and O–H groups in total. The van der Waals surface area contributed by atoms with Gasteiger partial charge >= 0.3 is 0 Å². The highest BCUT2D eigenvalue weighted by molar-refractivity contribution is 5.73. The van der Waals surface area contributed by atoms with Crippen LogP contribution in [0.4, 0.5) is 0 Å². The van der Waals surface area contributed by atoms with Gasteiger partial charge in [0.25, 0.3) is 0 Å². The van der Waals surface area contributed by atoms with Gasteiger partial charge in [-0.3, -0.25) is 4.79 Å². The second-order valence-electron chi connectivity index (χ2n) is 9.28. The van der Waals surface area contributed by atoms with Crippen LogP contribution >= 0.6 is 0 Å². The summed E-state index contributed by atoms with van der Waals surface area (Å²) in [7, 11) is 1.21. The number of methoxy groups -OCH3 is 1. The predicted molar refractivity (Wildman–Crippen MR) is 118 cm³/mol. The van der Waals surface area contributed by atoms with E-state index in [-0.39, 0.29) is 0 Å². The molecule has 0 aromatic carbocycles. The Bertz CT molecular complexity index is 759. The van der Waals surface area contributed by atoms with Crippen molar-refractivity contribution < 1.29 is 79.2 Å². The molecule has 3 heterocycles. The lowest BCUT2D eigenvalue weighted by atomic mass is 9.94. The second-order valence-corrected chi connectivity index (χ2v) is 9.28. The maximum absolute atomic E-state index is 11.9. The summed E-state index contributed by atoms with van der Waals surface area (Å²) in [6.45, 7) is -1.04. The molecule has 0 aromatic heterocycles. The van der Waals surface area contributed by atoms with E-state index in [1.807, 2.05) is 0 Å². The Hall–Kier alpha value is -1.13. The van der Waals surface area contributed by atoms with Gasteiger partial charge in [-0.05, 0) is 0 Å². The van der Waals surface area contributed by atoms with Crippen molar-refractivity contribution in [2.75, 3.05) is 26.9 Å². The van der Waals surface area contributed by atoms with Gasteiger partial charge < -0.3 is 79.7 Å². The minimum atomic E-state index is -1.83. The standard InChI is InChI=1S/C21H37NO16/c1-6(26)22-10-13(29)17(37-20-16(32)14(30)11(27)7(3-23)34-20)9(5-25)36-19(10)38-18-15(31)12(28)8(4-24)35-21(18)33-2/h7-21,23-25,27-32H,3-5H2,1-2H3,(H,22,26)/t7-,8-,9-,10+,11-,12+,13-,14+,15+,16-,17+,18-,19-,20-,21-/m0/s1. The number of amides is 1. The Morgan fingerprint density at radius 1 is 0.658 bits per heavy atom. The molecule has 17 nitrogen and oxygen atoms in total. The Morgan fingerprint density at radius 2 is 1.16 bits per heavy atom. The molecule has 38 heavy (non-hydrogen) atoms. The molecule has 1 amide bonds. The molecular formula is C21H37NO16. The molecule has 0 spiro atoms. The van der Waals surface area contributed by atoms with Gasteiger partial charge in [0.2, 0.25) is 5.91 Å². The van der Waals surface area contributed by atoms with Crippen LogP contribution in [0, 0.1) is 0 Å². The van der Waals surface area contributed by atoms with Gasteiger partial charge in [-0.25, -0.2) is 0 Å². The molecule has 0 unspecified atom stereocenters. The van der Waals surface area contributed by atoms with Gasteiger partial charge in [-0.15, -0.1) is 0 Å². The van der Waals surface area contributed by atoms with Gasteiger partial charge in [0.15, 0.2) is 18.9 Å². The van der Waals surface area contributed by atoms with Crippen molar-refractivity contribution in [2.24, 2.45) is 0 Å². The highest BCUT2D eigenvalue weighted by Crippen LogP contribution is 2.32. The summed E-state index contributed by atoms with van der Waals surface area (Å²) in [5.41, 5.74) is 0. The first kappa shape index (κ1) is 31.4. The maximum Gasteiger partial charge on any atom is 0.217 e. The van der Waals surface area contributed by atoms with Gasteiger partial charge in [-0.1, -0.05) is 0 Å². The number of ether oxygens (including phenoxy) is 6. The maximum atomic E-state index is 11.9. The van der Waals surface area contributed by atoms with Crippen molar-refractivity contribution in [1.29, 1.82) is 0 Å². The van der Waals surface area contributed by atoms with Crippen LogP contribution in [0.1, 0.15) is 6.92 Å². The average molecular weight is 560 g/mol. The van der Waals surface area contributed by atoms with Crippen LogP contribution in [0.2, 0.25) is 0 Å². The number of hydrogen-bond donors (Lipinski definition) is 10. The monoisotopic (exact) mass is 559 g/mol. The molecule has 3 saturated heterocycles. The molecule has 17 heteroatoms. The molecule has 0 saturated carbocycles. The van der Waals surface area contributed by atoms with Crippen LogP contribution < -0.4 is 5.32 Å². The van der Waals surface area contributed by atoms with Crippen molar-refractivity contribution >= 4 is 5.91 Å². The summed E-state index contributed by atoms with van der Waals surface area (Å²) in [5, 5.41) is 93.5. The van der Waals surface area contributed by atoms with Crippen molar-refractivity contribution in [1.82, 2.24) is 5.32 Å². The quantitative estimate of drug-likeness (QED) is 0.126. The molecule has 0 radical (unpaired) electrons. The Labute approximate surface area is 217 Å². The third-order valence-electron chi connectivity index (χ3n) is 6.71. The van der Waals surface area contributed by atoms with E-state index in [1.165, 1.54) is 7.11 Å². The Morgan fingerprint density at radius 3 is 1.68 bits per heavy atom. The lowest BCUT2D eigenvalue weighted by Crippen LogP contribution is -2.69. The summed E-state index contributed by atoms with van der Waals surface area (Å²) in [4.78, 5) is 11.9. The van der Waals surface area contributed by atoms with Crippen molar-refractivity contribution in [2.45, 2.75) is 99.0 Å². The molecule has 15 atom stereocenters. The van der Waals surface area contributed by atoms with Crippen LogP contribution in [0.5, 0.6) is 0 Å². The largest absolute Gasteiger partial charge is 0.394 e. The first-order chi connectivity index (χ1) is 18.0. The summed E-state index contributed by atoms with van der Waals surface area (Å²) in [6.07, 6.45) is -21.7. The molecule has 3 aliphatic rings. The lowest BCUT2D eigenvalue weighted by Gasteiger charge is -2.49. The van der Waals surface area contributed by atoms with E-state index in [9.17, 15) is 50.8 Å². The van der Waals surface area contributed by atoms with E-state index in [1.54, 1.807) is 0 Å². The summed E-state index contributed by atoms with van der Waals surface area (Å²) < 4.78 is 32.9. The summed E-state index contributed by atoms with van der Waals surface area (Å²) in [6, 6.07) is -1.43. The van der Waals surface area contributed by atoms with Crippen molar-refractivity contribution in [3.05, 3.63) is 0 Å². The molecule has 0 aromatic rings. The number of nitrogens with one attached hydrogen (secondary N) is 1. The van der Waals surface area contributed by atoms with Crippen molar-refractivity contribution in [3.63, 3.8) is 0 Å². The van der Waals surface area contributed by atoms with E-state index in [4.69, 9.17) is 28.4 Å². The Kier molecular flexibility index (Phi) is 11.1. The van der Waals surface area contributed by atoms with E-state index >= 15 is 0 Å². The minimum Gasteiger partial charge on any atom is -0.394 e. The van der Waals surface area contributed by atoms with E-state index in [2.05, 4.69) is 5.32 Å². The van der Waals surface area contributed by atoms with E-state index < -0.39 is 118 Å². The average Bonchev–Trinajstić information content (AvgIpc) is 2.90. The first-order valence-corrected chi connectivity index (χ1v) is 12.0. The fraction of sp³-hybridized carbons (Fsp3) is 0.952. The SMILES string of the molecule is CO[C@H]1O[C@@H](CO)[C@@H](O)[C@@H](O)[C@@H]1O[C@@H]1O[C@@H](CO)[C@@H](O[C@@H]2O[C@@H](CO)[C@H](O)[C@@H](O)[C@@H]2O)[C@@H](O)[C@H]1NC(C)=O. The van der Waals surface area contributed by atoms with Gasteiger partial charge in [0, 0.05) is 14.0 Å². The van der Waals surface area contributed by atoms with Gasteiger partial charge in [-0.2, -0.15) is 0 Å². The van der Waals surface area contributed by atoms with Gasteiger partial charge in [0.05, 0.1) is 19.8 Å². The third kappa shape index (κ3) is 6.43. The fourth-order valence-electron chi connectivity index (χ4n) is 4.62. The van der Waals surface area contributed by atoms with Crippen LogP contribution in [-0.2, 0) is 33.2 Å². The Balaban J connectivity index is 1.83. The molecular weight excluding hydrogens is 522 g/mol. The smallest absolute Gasteiger partial charge is 0.217 e. The van der Waals surface area contributed by atoms with Gasteiger partial charge in [0.1, 0.15) is 73.2 Å². The van der Waals surface area contributed by atoms with E-state index in [0.717, 1.165) is 6.92 Å². The molecule has 0 bridgehead atoms. The highest BCUT2D eigenvalue weighted by atomic mass is 16.8. The molecule has 0 aliphatic carbocycles. The van der Waals surface area contributed by atoms with Crippen molar-refractivity contribution in [3.8, 4) is 0 Å². The zero-order valence-corrected chi connectivity index (χ0v) is 20.7. The summed E-state index contributed by atoms with van der Waals surface area (Å²) in [5.74, 6) is -0.649. The normalized spacial score (nSPS) is 48.0. The minimum absolute atomic E-state index is 0.637. The first-order valence-electron chi connectivity index (χ1n) is 12.0. The molecule has 3 rings (SSSR count). The summed E-state index contributed by atoms with van der Waals surface area (Å²) >= 11 is 0. The number of aliphatic hydroxyl groups is 9. The third-order valence-corrected chi connectivity index (χ3v) is 6.71. The molecule has 3 fully saturated rings. The molecule has 3 aliphatic heterocycles. The number of hydrogen-bond acceptors (Lipinski definition) is 16. The zero-order chi connectivity index (χ0) is 28.3. The van der Waals surface area contributed by atoms with Crippen LogP contribution in [0.3, 0.4) is 0 Å². The topological polar surface area (TPSA) is 267 Å².